The van der Waals surface area contributed by atoms with E-state index >= 15 is 0 Å². The second kappa shape index (κ2) is 18.8. The Morgan fingerprint density at radius 3 is 1.95 bits per heavy atom. The Kier molecular flexibility index (Phi) is 15.1. The molecule has 0 saturated carbocycles. The van der Waals surface area contributed by atoms with E-state index in [0.717, 1.165) is 24.0 Å². The fourth-order valence-electron chi connectivity index (χ4n) is 5.02. The molecule has 0 spiro atoms. The van der Waals surface area contributed by atoms with Crippen molar-refractivity contribution in [3.63, 3.8) is 0 Å². The summed E-state index contributed by atoms with van der Waals surface area (Å²) in [5.41, 5.74) is 2.40. The molecule has 1 heterocycles. The molecule has 0 unspecified atom stereocenters. The third-order valence-corrected chi connectivity index (χ3v) is 8.09. The molecule has 2 aromatic carbocycles. The second-order valence-corrected chi connectivity index (χ2v) is 11.8. The number of benzene rings is 2. The van der Waals surface area contributed by atoms with Gasteiger partial charge in [-0.25, -0.2) is 4.57 Å². The number of ether oxygens (including phenoxy) is 1. The molecule has 3 rings (SSSR count). The number of pyridine rings is 1. The van der Waals surface area contributed by atoms with Crippen molar-refractivity contribution >= 4 is 29.1 Å². The lowest BCUT2D eigenvalue weighted by molar-refractivity contribution is -0.671. The number of aryl methyl sites for hydroxylation is 1. The molecular formula is C35H47Cl2N2O2+. The van der Waals surface area contributed by atoms with Gasteiger partial charge in [0.05, 0.1) is 28.8 Å². The van der Waals surface area contributed by atoms with Crippen molar-refractivity contribution in [3.05, 3.63) is 93.7 Å². The molecule has 0 bridgehead atoms. The molecule has 0 radical (unpaired) electrons. The minimum absolute atomic E-state index is 0.129. The first-order valence-corrected chi connectivity index (χ1v) is 16.1. The van der Waals surface area contributed by atoms with Crippen LogP contribution in [0, 0.1) is 0 Å². The van der Waals surface area contributed by atoms with Gasteiger partial charge in [-0.15, -0.1) is 0 Å². The highest BCUT2D eigenvalue weighted by Gasteiger charge is 2.21. The van der Waals surface area contributed by atoms with Crippen molar-refractivity contribution in [2.75, 3.05) is 6.61 Å². The lowest BCUT2D eigenvalue weighted by atomic mass is 10.1. The maximum absolute atomic E-state index is 13.7. The number of para-hydroxylation sites is 1. The van der Waals surface area contributed by atoms with E-state index in [2.05, 4.69) is 6.92 Å². The SMILES string of the molecule is CCCCCCCCCCCCCCOc1c(Cl)cccc1CN(Cc1cc[n+](C)cc1)C(=O)c1ccccc1Cl. The standard InChI is InChI=1S/C35H47Cl2N2O2/c1-3-4-5-6-7-8-9-10-11-12-13-16-26-41-34-30(18-17-21-33(34)37)28-39(27-29-22-24-38(2)25-23-29)35(40)31-19-14-15-20-32(31)36/h14-15,17-25H,3-13,16,26-28H2,1-2H3/q+1. The fourth-order valence-corrected chi connectivity index (χ4v) is 5.49. The molecule has 222 valence electrons. The number of hydrogen-bond acceptors (Lipinski definition) is 2. The predicted octanol–water partition coefficient (Wildman–Crippen LogP) is 9.74. The summed E-state index contributed by atoms with van der Waals surface area (Å²) in [6.45, 7) is 3.68. The molecule has 0 N–H and O–H groups in total. The van der Waals surface area contributed by atoms with Crippen LogP contribution >= 0.6 is 23.2 Å². The Morgan fingerprint density at radius 2 is 1.32 bits per heavy atom. The van der Waals surface area contributed by atoms with Crippen LogP contribution in [0.4, 0.5) is 0 Å². The van der Waals surface area contributed by atoms with Crippen molar-refractivity contribution in [1.82, 2.24) is 4.90 Å². The third kappa shape index (κ3) is 11.7. The molecular weight excluding hydrogens is 551 g/mol. The Labute approximate surface area is 257 Å². The van der Waals surface area contributed by atoms with E-state index in [0.29, 0.717) is 41.1 Å². The topological polar surface area (TPSA) is 33.4 Å². The van der Waals surface area contributed by atoms with Gasteiger partial charge in [0.1, 0.15) is 12.8 Å². The Bertz CT molecular complexity index is 1180. The summed E-state index contributed by atoms with van der Waals surface area (Å²) in [6, 6.07) is 17.0. The predicted molar refractivity (Wildman–Crippen MR) is 171 cm³/mol. The van der Waals surface area contributed by atoms with Crippen LogP contribution in [-0.4, -0.2) is 17.4 Å². The minimum Gasteiger partial charge on any atom is -0.492 e. The molecule has 0 aliphatic carbocycles. The Balaban J connectivity index is 1.55. The van der Waals surface area contributed by atoms with Gasteiger partial charge in [0.15, 0.2) is 12.4 Å². The van der Waals surface area contributed by atoms with E-state index in [1.165, 1.54) is 64.2 Å². The monoisotopic (exact) mass is 597 g/mol. The van der Waals surface area contributed by atoms with E-state index in [9.17, 15) is 4.79 Å². The zero-order chi connectivity index (χ0) is 29.3. The zero-order valence-electron chi connectivity index (χ0n) is 24.9. The fraction of sp³-hybridized carbons (Fsp3) is 0.486. The van der Waals surface area contributed by atoms with Crippen LogP contribution in [0.5, 0.6) is 5.75 Å². The van der Waals surface area contributed by atoms with E-state index in [1.54, 1.807) is 17.0 Å². The first-order chi connectivity index (χ1) is 20.0. The third-order valence-electron chi connectivity index (χ3n) is 7.47. The molecule has 0 atom stereocenters. The van der Waals surface area contributed by atoms with E-state index in [-0.39, 0.29) is 5.91 Å². The lowest BCUT2D eigenvalue weighted by Gasteiger charge is -2.25. The van der Waals surface area contributed by atoms with Gasteiger partial charge in [-0.1, -0.05) is 125 Å². The molecule has 0 saturated heterocycles. The molecule has 0 fully saturated rings. The van der Waals surface area contributed by atoms with Gasteiger partial charge < -0.3 is 9.64 Å². The maximum Gasteiger partial charge on any atom is 0.255 e. The van der Waals surface area contributed by atoms with E-state index in [4.69, 9.17) is 27.9 Å². The van der Waals surface area contributed by atoms with Gasteiger partial charge in [0.2, 0.25) is 0 Å². The number of carbonyl (C=O) groups is 1. The van der Waals surface area contributed by atoms with E-state index in [1.807, 2.05) is 66.5 Å². The number of rotatable bonds is 19. The lowest BCUT2D eigenvalue weighted by Crippen LogP contribution is -2.31. The highest BCUT2D eigenvalue weighted by molar-refractivity contribution is 6.33. The largest absolute Gasteiger partial charge is 0.492 e. The molecule has 41 heavy (non-hydrogen) atoms. The van der Waals surface area contributed by atoms with Crippen LogP contribution < -0.4 is 9.30 Å². The number of aromatic nitrogens is 1. The normalized spacial score (nSPS) is 11.0. The molecule has 0 aliphatic heterocycles. The molecule has 1 aromatic heterocycles. The van der Waals surface area contributed by atoms with Crippen LogP contribution in [0.2, 0.25) is 10.0 Å². The van der Waals surface area contributed by atoms with Gasteiger partial charge in [-0.2, -0.15) is 0 Å². The minimum atomic E-state index is -0.129. The molecule has 4 nitrogen and oxygen atoms in total. The first-order valence-electron chi connectivity index (χ1n) is 15.4. The molecule has 3 aromatic rings. The maximum atomic E-state index is 13.7. The van der Waals surface area contributed by atoms with Crippen LogP contribution in [-0.2, 0) is 20.1 Å². The summed E-state index contributed by atoms with van der Waals surface area (Å²) in [5, 5.41) is 1.01. The summed E-state index contributed by atoms with van der Waals surface area (Å²) in [7, 11) is 1.97. The van der Waals surface area contributed by atoms with Gasteiger partial charge in [-0.05, 0) is 30.2 Å². The number of halogens is 2. The van der Waals surface area contributed by atoms with Crippen molar-refractivity contribution in [2.24, 2.45) is 7.05 Å². The van der Waals surface area contributed by atoms with Crippen molar-refractivity contribution in [2.45, 2.75) is 97.1 Å². The van der Waals surface area contributed by atoms with Crippen molar-refractivity contribution in [1.29, 1.82) is 0 Å². The van der Waals surface area contributed by atoms with E-state index < -0.39 is 0 Å². The highest BCUT2D eigenvalue weighted by Crippen LogP contribution is 2.31. The zero-order valence-corrected chi connectivity index (χ0v) is 26.4. The average molecular weight is 599 g/mol. The Hall–Kier alpha value is -2.56. The number of nitrogens with zero attached hydrogens (tertiary/aromatic N) is 2. The summed E-state index contributed by atoms with van der Waals surface area (Å²) in [5.74, 6) is 0.532. The highest BCUT2D eigenvalue weighted by atomic mass is 35.5. The number of carbonyl (C=O) groups excluding carboxylic acids is 1. The molecule has 1 amide bonds. The van der Waals surface area contributed by atoms with Gasteiger partial charge in [0, 0.05) is 24.2 Å². The Morgan fingerprint density at radius 1 is 0.732 bits per heavy atom. The van der Waals surface area contributed by atoms with Gasteiger partial charge >= 0.3 is 0 Å². The summed E-state index contributed by atoms with van der Waals surface area (Å²) < 4.78 is 8.21. The summed E-state index contributed by atoms with van der Waals surface area (Å²) in [6.07, 6.45) is 19.6. The number of unbranched alkanes of at least 4 members (excludes halogenated alkanes) is 11. The smallest absolute Gasteiger partial charge is 0.255 e. The van der Waals surface area contributed by atoms with Crippen LogP contribution in [0.25, 0.3) is 0 Å². The van der Waals surface area contributed by atoms with Crippen molar-refractivity contribution < 1.29 is 14.1 Å². The summed E-state index contributed by atoms with van der Waals surface area (Å²) >= 11 is 13.0. The van der Waals surface area contributed by atoms with Crippen LogP contribution in [0.1, 0.15) is 105 Å². The first kappa shape index (κ1) is 32.9. The molecule has 0 aliphatic rings. The number of amides is 1. The summed E-state index contributed by atoms with van der Waals surface area (Å²) in [4.78, 5) is 15.5. The second-order valence-electron chi connectivity index (χ2n) is 11.0. The quantitative estimate of drug-likeness (QED) is 0.102. The molecule has 6 heteroatoms. The van der Waals surface area contributed by atoms with Gasteiger partial charge in [0.25, 0.3) is 5.91 Å². The number of hydrogen-bond donors (Lipinski definition) is 0. The van der Waals surface area contributed by atoms with Crippen LogP contribution in [0.15, 0.2) is 67.0 Å². The van der Waals surface area contributed by atoms with Crippen molar-refractivity contribution in [3.8, 4) is 5.75 Å². The average Bonchev–Trinajstić information content (AvgIpc) is 2.97. The van der Waals surface area contributed by atoms with Crippen LogP contribution in [0.3, 0.4) is 0 Å². The van der Waals surface area contributed by atoms with Gasteiger partial charge in [-0.3, -0.25) is 4.79 Å².